The Morgan fingerprint density at radius 3 is 2.67 bits per heavy atom. The van der Waals surface area contributed by atoms with Crippen molar-refractivity contribution >= 4 is 23.2 Å². The number of hydrogen-bond acceptors (Lipinski definition) is 4. The van der Waals surface area contributed by atoms with Crippen LogP contribution in [0.15, 0.2) is 12.1 Å². The molecule has 0 amide bonds. The number of benzene rings is 1. The van der Waals surface area contributed by atoms with Gasteiger partial charge in [-0.1, -0.05) is 23.2 Å². The number of aliphatic hydroxyl groups excluding tert-OH is 1. The molecule has 0 saturated carbocycles. The molecule has 2 atom stereocenters. The van der Waals surface area contributed by atoms with E-state index in [0.29, 0.717) is 27.8 Å². The first-order valence-corrected chi connectivity index (χ1v) is 6.38. The Balaban J connectivity index is 3.00. The molecule has 1 aromatic carbocycles. The van der Waals surface area contributed by atoms with E-state index in [1.807, 2.05) is 7.05 Å². The summed E-state index contributed by atoms with van der Waals surface area (Å²) in [7, 11) is 3.32. The van der Waals surface area contributed by atoms with Gasteiger partial charge in [0.25, 0.3) is 0 Å². The minimum atomic E-state index is -0.871. The topological polar surface area (TPSA) is 67.5 Å². The van der Waals surface area contributed by atoms with Gasteiger partial charge < -0.3 is 20.9 Å². The van der Waals surface area contributed by atoms with Crippen molar-refractivity contribution in [1.82, 2.24) is 5.32 Å². The monoisotopic (exact) mass is 292 g/mol. The van der Waals surface area contributed by atoms with Gasteiger partial charge >= 0.3 is 0 Å². The predicted octanol–water partition coefficient (Wildman–Crippen LogP) is 1.97. The van der Waals surface area contributed by atoms with Gasteiger partial charge in [-0.2, -0.15) is 0 Å². The zero-order valence-corrected chi connectivity index (χ0v) is 11.9. The summed E-state index contributed by atoms with van der Waals surface area (Å²) in [5, 5.41) is 14.0. The molecule has 0 saturated heterocycles. The molecule has 1 aromatic rings. The molecule has 0 aromatic heterocycles. The maximum Gasteiger partial charge on any atom is 0.143 e. The van der Waals surface area contributed by atoms with Gasteiger partial charge in [-0.25, -0.2) is 0 Å². The molecule has 0 fully saturated rings. The summed E-state index contributed by atoms with van der Waals surface area (Å²) in [5.74, 6) is 0.411. The number of ether oxygens (including phenoxy) is 1. The van der Waals surface area contributed by atoms with Gasteiger partial charge in [0.15, 0.2) is 0 Å². The lowest BCUT2D eigenvalue weighted by Crippen LogP contribution is -2.31. The summed E-state index contributed by atoms with van der Waals surface area (Å²) in [6.45, 7) is 0.717. The average molecular weight is 293 g/mol. The molecule has 0 aliphatic heterocycles. The lowest BCUT2D eigenvalue weighted by Gasteiger charge is -2.22. The highest BCUT2D eigenvalue weighted by Crippen LogP contribution is 2.36. The normalized spacial score (nSPS) is 14.3. The number of halogens is 2. The largest absolute Gasteiger partial charge is 0.495 e. The molecule has 4 N–H and O–H groups in total. The van der Waals surface area contributed by atoms with Crippen LogP contribution in [0.3, 0.4) is 0 Å². The molecule has 0 aliphatic carbocycles. The minimum Gasteiger partial charge on any atom is -0.495 e. The van der Waals surface area contributed by atoms with Crippen LogP contribution >= 0.6 is 23.2 Å². The van der Waals surface area contributed by atoms with E-state index in [9.17, 15) is 5.11 Å². The first-order valence-electron chi connectivity index (χ1n) is 5.62. The Kier molecular flexibility index (Phi) is 6.18. The molecular formula is C12H18Cl2N2O2. The lowest BCUT2D eigenvalue weighted by molar-refractivity contribution is 0.139. The molecule has 1 rings (SSSR count). The molecule has 0 spiro atoms. The van der Waals surface area contributed by atoms with Crippen molar-refractivity contribution in [3.63, 3.8) is 0 Å². The summed E-state index contributed by atoms with van der Waals surface area (Å²) in [5.41, 5.74) is 6.44. The molecule has 2 unspecified atom stereocenters. The van der Waals surface area contributed by atoms with Crippen molar-refractivity contribution in [2.24, 2.45) is 5.73 Å². The summed E-state index contributed by atoms with van der Waals surface area (Å²) in [6.07, 6.45) is -0.241. The van der Waals surface area contributed by atoms with Gasteiger partial charge in [0.2, 0.25) is 0 Å². The fourth-order valence-electron chi connectivity index (χ4n) is 1.71. The summed E-state index contributed by atoms with van der Waals surface area (Å²) >= 11 is 11.9. The molecule has 0 bridgehead atoms. The van der Waals surface area contributed by atoms with Crippen LogP contribution in [0.25, 0.3) is 0 Å². The highest BCUT2D eigenvalue weighted by Gasteiger charge is 2.22. The zero-order chi connectivity index (χ0) is 13.7. The summed E-state index contributed by atoms with van der Waals surface area (Å²) in [4.78, 5) is 0. The summed E-state index contributed by atoms with van der Waals surface area (Å²) in [6, 6.07) is 2.77. The molecule has 102 valence electrons. The maximum atomic E-state index is 10.2. The zero-order valence-electron chi connectivity index (χ0n) is 10.4. The molecule has 6 heteroatoms. The number of nitrogens with two attached hydrogens (primary N) is 1. The predicted molar refractivity (Wildman–Crippen MR) is 74.5 cm³/mol. The number of nitrogens with one attached hydrogen (secondary N) is 1. The fourth-order valence-corrected chi connectivity index (χ4v) is 2.30. The van der Waals surface area contributed by atoms with E-state index in [1.165, 1.54) is 7.11 Å². The van der Waals surface area contributed by atoms with Crippen molar-refractivity contribution in [2.75, 3.05) is 20.7 Å². The SMILES string of the molecule is CNCCC(N)C(O)c1cc(Cl)cc(Cl)c1OC. The number of rotatable bonds is 6. The van der Waals surface area contributed by atoms with Gasteiger partial charge in [0.05, 0.1) is 18.2 Å². The van der Waals surface area contributed by atoms with E-state index >= 15 is 0 Å². The van der Waals surface area contributed by atoms with Crippen LogP contribution < -0.4 is 15.8 Å². The van der Waals surface area contributed by atoms with E-state index in [1.54, 1.807) is 12.1 Å². The van der Waals surface area contributed by atoms with Crippen LogP contribution in [0.2, 0.25) is 10.0 Å². The number of hydrogen-bond donors (Lipinski definition) is 3. The van der Waals surface area contributed by atoms with Crippen molar-refractivity contribution in [3.05, 3.63) is 27.7 Å². The van der Waals surface area contributed by atoms with Gasteiger partial charge in [-0.3, -0.25) is 0 Å². The third kappa shape index (κ3) is 3.73. The first kappa shape index (κ1) is 15.5. The highest BCUT2D eigenvalue weighted by atomic mass is 35.5. The Labute approximate surface area is 117 Å². The third-order valence-electron chi connectivity index (χ3n) is 2.69. The Hall–Kier alpha value is -0.520. The van der Waals surface area contributed by atoms with Crippen molar-refractivity contribution in [1.29, 1.82) is 0 Å². The van der Waals surface area contributed by atoms with Crippen LogP contribution in [0, 0.1) is 0 Å². The minimum absolute atomic E-state index is 0.361. The van der Waals surface area contributed by atoms with Crippen LogP contribution in [0.4, 0.5) is 0 Å². The lowest BCUT2D eigenvalue weighted by atomic mass is 9.99. The summed E-state index contributed by atoms with van der Waals surface area (Å²) < 4.78 is 5.19. The molecule has 18 heavy (non-hydrogen) atoms. The second-order valence-corrected chi connectivity index (χ2v) is 4.85. The quantitative estimate of drug-likeness (QED) is 0.750. The van der Waals surface area contributed by atoms with Crippen molar-refractivity contribution in [3.8, 4) is 5.75 Å². The number of methoxy groups -OCH3 is 1. The maximum absolute atomic E-state index is 10.2. The van der Waals surface area contributed by atoms with Gasteiger partial charge in [0, 0.05) is 16.6 Å². The Bertz CT molecular complexity index is 402. The standard InChI is InChI=1S/C12H18Cl2N2O2/c1-16-4-3-10(15)11(17)8-5-7(13)6-9(14)12(8)18-2/h5-6,10-11,16-17H,3-4,15H2,1-2H3. The van der Waals surface area contributed by atoms with E-state index in [-0.39, 0.29) is 0 Å². The Morgan fingerprint density at radius 2 is 2.11 bits per heavy atom. The van der Waals surface area contributed by atoms with E-state index in [2.05, 4.69) is 5.32 Å². The van der Waals surface area contributed by atoms with E-state index in [0.717, 1.165) is 6.54 Å². The molecular weight excluding hydrogens is 275 g/mol. The van der Waals surface area contributed by atoms with Crippen LogP contribution in [0.5, 0.6) is 5.75 Å². The molecule has 4 nitrogen and oxygen atoms in total. The van der Waals surface area contributed by atoms with Crippen molar-refractivity contribution < 1.29 is 9.84 Å². The second-order valence-electron chi connectivity index (χ2n) is 4.01. The van der Waals surface area contributed by atoms with Gasteiger partial charge in [0.1, 0.15) is 5.75 Å². The average Bonchev–Trinajstić information content (AvgIpc) is 2.34. The van der Waals surface area contributed by atoms with Crippen LogP contribution in [-0.4, -0.2) is 31.9 Å². The highest BCUT2D eigenvalue weighted by molar-refractivity contribution is 6.35. The molecule has 0 radical (unpaired) electrons. The van der Waals surface area contributed by atoms with Crippen LogP contribution in [-0.2, 0) is 0 Å². The van der Waals surface area contributed by atoms with Crippen LogP contribution in [0.1, 0.15) is 18.1 Å². The van der Waals surface area contributed by atoms with Gasteiger partial charge in [-0.15, -0.1) is 0 Å². The smallest absolute Gasteiger partial charge is 0.143 e. The first-order chi connectivity index (χ1) is 8.51. The molecule has 0 heterocycles. The van der Waals surface area contributed by atoms with Crippen molar-refractivity contribution in [2.45, 2.75) is 18.6 Å². The second kappa shape index (κ2) is 7.16. The third-order valence-corrected chi connectivity index (χ3v) is 3.19. The molecule has 0 aliphatic rings. The number of aliphatic hydroxyl groups is 1. The van der Waals surface area contributed by atoms with Gasteiger partial charge in [-0.05, 0) is 32.1 Å². The fraction of sp³-hybridized carbons (Fsp3) is 0.500. The van der Waals surface area contributed by atoms with E-state index in [4.69, 9.17) is 33.7 Å². The van der Waals surface area contributed by atoms with E-state index < -0.39 is 12.1 Å². The Morgan fingerprint density at radius 1 is 1.44 bits per heavy atom.